The number of benzene rings is 1. The van der Waals surface area contributed by atoms with Crippen LogP contribution in [0.2, 0.25) is 5.02 Å². The number of imidazole rings is 1. The van der Waals surface area contributed by atoms with E-state index in [9.17, 15) is 18.0 Å². The van der Waals surface area contributed by atoms with Gasteiger partial charge in [0.2, 0.25) is 5.91 Å². The van der Waals surface area contributed by atoms with Crippen LogP contribution in [-0.2, 0) is 18.0 Å². The molecule has 1 atom stereocenters. The van der Waals surface area contributed by atoms with Gasteiger partial charge >= 0.3 is 6.18 Å². The molecule has 0 saturated carbocycles. The zero-order chi connectivity index (χ0) is 17.2. The molecule has 2 aromatic rings. The minimum atomic E-state index is -4.50. The van der Waals surface area contributed by atoms with Gasteiger partial charge in [0, 0.05) is 19.4 Å². The standard InChI is InChI=1S/C14H13ClF3N3OS/c1-8(23-13-19-5-6-21(13)2)12(22)20-11-7-9(14(16,17)18)3-4-10(11)15/h3-8H,1-2H3,(H,20,22). The average molecular weight is 364 g/mol. The number of aromatic nitrogens is 2. The first-order chi connectivity index (χ1) is 10.7. The lowest BCUT2D eigenvalue weighted by molar-refractivity contribution is -0.137. The molecule has 124 valence electrons. The van der Waals surface area contributed by atoms with Gasteiger partial charge in [0.25, 0.3) is 0 Å². The molecular formula is C14H13ClF3N3OS. The van der Waals surface area contributed by atoms with Crippen molar-refractivity contribution < 1.29 is 18.0 Å². The third-order valence-corrected chi connectivity index (χ3v) is 4.48. The van der Waals surface area contributed by atoms with E-state index in [0.29, 0.717) is 5.16 Å². The fourth-order valence-corrected chi connectivity index (χ4v) is 2.70. The number of alkyl halides is 3. The van der Waals surface area contributed by atoms with Gasteiger partial charge in [0.1, 0.15) is 0 Å². The number of nitrogens with zero attached hydrogens (tertiary/aromatic N) is 2. The Kier molecular flexibility index (Phi) is 5.26. The van der Waals surface area contributed by atoms with Crippen LogP contribution in [0.4, 0.5) is 18.9 Å². The molecule has 1 unspecified atom stereocenters. The van der Waals surface area contributed by atoms with Crippen molar-refractivity contribution in [3.8, 4) is 0 Å². The summed E-state index contributed by atoms with van der Waals surface area (Å²) in [4.78, 5) is 16.2. The molecule has 1 heterocycles. The minimum Gasteiger partial charge on any atom is -0.329 e. The third-order valence-electron chi connectivity index (χ3n) is 2.98. The number of amides is 1. The van der Waals surface area contributed by atoms with Gasteiger partial charge in [-0.05, 0) is 25.1 Å². The van der Waals surface area contributed by atoms with Crippen molar-refractivity contribution in [2.45, 2.75) is 23.5 Å². The number of hydrogen-bond donors (Lipinski definition) is 1. The largest absolute Gasteiger partial charge is 0.416 e. The molecule has 0 saturated heterocycles. The van der Waals surface area contributed by atoms with Gasteiger partial charge in [-0.15, -0.1) is 0 Å². The monoisotopic (exact) mass is 363 g/mol. The molecule has 1 N–H and O–H groups in total. The van der Waals surface area contributed by atoms with Crippen LogP contribution in [0.25, 0.3) is 0 Å². The van der Waals surface area contributed by atoms with Gasteiger partial charge in [-0.3, -0.25) is 4.79 Å². The maximum atomic E-state index is 12.7. The van der Waals surface area contributed by atoms with Crippen LogP contribution >= 0.6 is 23.4 Å². The number of hydrogen-bond acceptors (Lipinski definition) is 3. The SMILES string of the molecule is CC(Sc1nccn1C)C(=O)Nc1cc(C(F)(F)F)ccc1Cl. The Morgan fingerprint density at radius 3 is 2.70 bits per heavy atom. The Balaban J connectivity index is 2.12. The van der Waals surface area contributed by atoms with Crippen molar-refractivity contribution >= 4 is 35.0 Å². The Labute approximate surface area is 140 Å². The van der Waals surface area contributed by atoms with Crippen molar-refractivity contribution in [1.29, 1.82) is 0 Å². The summed E-state index contributed by atoms with van der Waals surface area (Å²) in [6, 6.07) is 2.79. The molecule has 0 fully saturated rings. The van der Waals surface area contributed by atoms with Gasteiger partial charge < -0.3 is 9.88 Å². The van der Waals surface area contributed by atoms with Crippen molar-refractivity contribution in [3.63, 3.8) is 0 Å². The van der Waals surface area contributed by atoms with Gasteiger partial charge in [-0.2, -0.15) is 13.2 Å². The van der Waals surface area contributed by atoms with E-state index in [1.165, 1.54) is 11.8 Å². The predicted octanol–water partition coefficient (Wildman–Crippen LogP) is 4.21. The number of nitrogens with one attached hydrogen (secondary N) is 1. The summed E-state index contributed by atoms with van der Waals surface area (Å²) < 4.78 is 39.9. The molecule has 0 aliphatic heterocycles. The first kappa shape index (κ1) is 17.7. The summed E-state index contributed by atoms with van der Waals surface area (Å²) in [6.45, 7) is 1.64. The van der Waals surface area contributed by atoms with Crippen LogP contribution in [-0.4, -0.2) is 20.7 Å². The van der Waals surface area contributed by atoms with Crippen molar-refractivity contribution in [2.24, 2.45) is 7.05 Å². The highest BCUT2D eigenvalue weighted by Crippen LogP contribution is 2.34. The topological polar surface area (TPSA) is 46.9 Å². The number of carbonyl (C=O) groups is 1. The maximum Gasteiger partial charge on any atom is 0.416 e. The number of carbonyl (C=O) groups excluding carboxylic acids is 1. The van der Waals surface area contributed by atoms with Gasteiger partial charge in [0.15, 0.2) is 5.16 Å². The van der Waals surface area contributed by atoms with E-state index < -0.39 is 22.9 Å². The molecule has 0 aliphatic rings. The highest BCUT2D eigenvalue weighted by molar-refractivity contribution is 8.00. The summed E-state index contributed by atoms with van der Waals surface area (Å²) in [5, 5.41) is 2.54. The lowest BCUT2D eigenvalue weighted by Gasteiger charge is -2.14. The van der Waals surface area contributed by atoms with E-state index in [0.717, 1.165) is 18.2 Å². The molecule has 1 aromatic heterocycles. The second-order valence-corrected chi connectivity index (χ2v) is 6.48. The number of halogens is 4. The lowest BCUT2D eigenvalue weighted by Crippen LogP contribution is -2.23. The fraction of sp³-hybridized carbons (Fsp3) is 0.286. The number of thioether (sulfide) groups is 1. The van der Waals surface area contributed by atoms with E-state index >= 15 is 0 Å². The smallest absolute Gasteiger partial charge is 0.329 e. The highest BCUT2D eigenvalue weighted by atomic mass is 35.5. The lowest BCUT2D eigenvalue weighted by atomic mass is 10.2. The molecule has 0 spiro atoms. The van der Waals surface area contributed by atoms with Crippen molar-refractivity contribution in [3.05, 3.63) is 41.2 Å². The van der Waals surface area contributed by atoms with Crippen molar-refractivity contribution in [1.82, 2.24) is 9.55 Å². The zero-order valence-corrected chi connectivity index (χ0v) is 13.8. The minimum absolute atomic E-state index is 0.0422. The third kappa shape index (κ3) is 4.42. The van der Waals surface area contributed by atoms with Gasteiger partial charge in [-0.1, -0.05) is 23.4 Å². The Morgan fingerprint density at radius 1 is 1.43 bits per heavy atom. The van der Waals surface area contributed by atoms with E-state index in [1.807, 2.05) is 0 Å². The molecule has 1 aromatic carbocycles. The average Bonchev–Trinajstić information content (AvgIpc) is 2.85. The molecular weight excluding hydrogens is 351 g/mol. The van der Waals surface area contributed by atoms with Crippen LogP contribution in [0.3, 0.4) is 0 Å². The van der Waals surface area contributed by atoms with Crippen LogP contribution < -0.4 is 5.32 Å². The second kappa shape index (κ2) is 6.84. The predicted molar refractivity (Wildman–Crippen MR) is 83.6 cm³/mol. The van der Waals surface area contributed by atoms with E-state index in [2.05, 4.69) is 10.3 Å². The number of aryl methyl sites for hydroxylation is 1. The summed E-state index contributed by atoms with van der Waals surface area (Å²) in [5.41, 5.74) is -0.944. The molecule has 2 rings (SSSR count). The molecule has 0 bridgehead atoms. The van der Waals surface area contributed by atoms with Crippen LogP contribution in [0, 0.1) is 0 Å². The van der Waals surface area contributed by atoms with E-state index in [1.54, 1.807) is 30.9 Å². The number of anilines is 1. The molecule has 1 amide bonds. The fourth-order valence-electron chi connectivity index (χ4n) is 1.71. The Bertz CT molecular complexity index is 718. The highest BCUT2D eigenvalue weighted by Gasteiger charge is 2.31. The Hall–Kier alpha value is -1.67. The zero-order valence-electron chi connectivity index (χ0n) is 12.2. The maximum absolute atomic E-state index is 12.7. The summed E-state index contributed by atoms with van der Waals surface area (Å²) >= 11 is 7.05. The van der Waals surface area contributed by atoms with Crippen LogP contribution in [0.15, 0.2) is 35.7 Å². The molecule has 0 radical (unpaired) electrons. The molecule has 0 aliphatic carbocycles. The van der Waals surface area contributed by atoms with Crippen molar-refractivity contribution in [2.75, 3.05) is 5.32 Å². The van der Waals surface area contributed by atoms with Gasteiger partial charge in [-0.25, -0.2) is 4.98 Å². The van der Waals surface area contributed by atoms with Crippen LogP contribution in [0.1, 0.15) is 12.5 Å². The number of rotatable bonds is 4. The molecule has 9 heteroatoms. The van der Waals surface area contributed by atoms with E-state index in [-0.39, 0.29) is 10.7 Å². The normalized spacial score (nSPS) is 13.0. The first-order valence-electron chi connectivity index (χ1n) is 6.50. The molecule has 23 heavy (non-hydrogen) atoms. The van der Waals surface area contributed by atoms with Crippen LogP contribution in [0.5, 0.6) is 0 Å². The summed E-state index contributed by atoms with van der Waals surface area (Å²) in [6.07, 6.45) is -1.18. The van der Waals surface area contributed by atoms with E-state index in [4.69, 9.17) is 11.6 Å². The van der Waals surface area contributed by atoms with Gasteiger partial charge in [0.05, 0.1) is 21.5 Å². The summed E-state index contributed by atoms with van der Waals surface area (Å²) in [5.74, 6) is -0.459. The second-order valence-electron chi connectivity index (χ2n) is 4.76. The quantitative estimate of drug-likeness (QED) is 0.828. The first-order valence-corrected chi connectivity index (χ1v) is 7.76. The Morgan fingerprint density at radius 2 is 2.13 bits per heavy atom. The molecule has 4 nitrogen and oxygen atoms in total. The summed E-state index contributed by atoms with van der Waals surface area (Å²) in [7, 11) is 1.78.